The Hall–Kier alpha value is -1.79. The van der Waals surface area contributed by atoms with E-state index in [0.717, 1.165) is 10.9 Å². The maximum absolute atomic E-state index is 12.5. The number of fused-ring (bicyclic) bond motifs is 1. The molecule has 3 rings (SSSR count). The van der Waals surface area contributed by atoms with Crippen molar-refractivity contribution in [3.8, 4) is 12.8 Å². The van der Waals surface area contributed by atoms with Gasteiger partial charge in [0.15, 0.2) is 0 Å². The van der Waals surface area contributed by atoms with E-state index in [2.05, 4.69) is 23.1 Å². The van der Waals surface area contributed by atoms with Crippen molar-refractivity contribution in [3.63, 3.8) is 0 Å². The van der Waals surface area contributed by atoms with Crippen molar-refractivity contribution in [1.29, 1.82) is 0 Å². The second-order valence-corrected chi connectivity index (χ2v) is 4.48. The average Bonchev–Trinajstić information content (AvgIpc) is 3.26. The lowest BCUT2D eigenvalue weighted by molar-refractivity contribution is 0.630. The second kappa shape index (κ2) is 17.3. The minimum absolute atomic E-state index is 0.188. The van der Waals surface area contributed by atoms with E-state index >= 15 is 0 Å². The van der Waals surface area contributed by atoms with Crippen LogP contribution in [0.25, 0.3) is 10.9 Å². The summed E-state index contributed by atoms with van der Waals surface area (Å²) in [7, 11) is 3.75. The highest BCUT2D eigenvalue weighted by atomic mass is 19.1. The summed E-state index contributed by atoms with van der Waals surface area (Å²) in [5, 5.41) is 3.67. The van der Waals surface area contributed by atoms with Crippen LogP contribution < -0.4 is 5.32 Å². The third kappa shape index (κ3) is 10.9. The summed E-state index contributed by atoms with van der Waals surface area (Å²) in [5.74, 6) is -0.188. The van der Waals surface area contributed by atoms with Crippen LogP contribution in [0.3, 0.4) is 0 Å². The maximum atomic E-state index is 12.5. The molecule has 0 aliphatic heterocycles. The van der Waals surface area contributed by atoms with Gasteiger partial charge in [-0.25, -0.2) is 4.39 Å². The number of terminal acetylenes is 1. The molecule has 1 heterocycles. The third-order valence-electron chi connectivity index (χ3n) is 2.77. The van der Waals surface area contributed by atoms with Gasteiger partial charge in [0.05, 0.1) is 0 Å². The fourth-order valence-corrected chi connectivity index (χ4v) is 1.91. The summed E-state index contributed by atoms with van der Waals surface area (Å²) in [6.07, 6.45) is 17.3. The number of hydrogen-bond donors (Lipinski definition) is 2. The maximum Gasteiger partial charge on any atom is 0.123 e. The van der Waals surface area contributed by atoms with E-state index < -0.39 is 0 Å². The topological polar surface area (TPSA) is 27.8 Å². The van der Waals surface area contributed by atoms with E-state index in [-0.39, 0.29) is 5.82 Å². The Morgan fingerprint density at radius 1 is 0.955 bits per heavy atom. The first-order chi connectivity index (χ1) is 10.8. The molecule has 1 aromatic heterocycles. The standard InChI is InChI=1S/C8H6FN.C5H10.C2H7N.C2H6.C2H2/c9-7-1-2-8-6(5-7)3-4-10-8;1-2-4-5-3-1;1-3-2;2*1-2/h1-5,10H;1-5H2;3H,1-2H3;1-2H3;1-2H. The van der Waals surface area contributed by atoms with Crippen molar-refractivity contribution in [2.75, 3.05) is 14.1 Å². The summed E-state index contributed by atoms with van der Waals surface area (Å²) in [4.78, 5) is 2.98. The predicted octanol–water partition coefficient (Wildman–Crippen LogP) is 5.37. The molecular formula is C19H31FN2. The first-order valence-electron chi connectivity index (χ1n) is 7.92. The van der Waals surface area contributed by atoms with Gasteiger partial charge in [0, 0.05) is 17.1 Å². The summed E-state index contributed by atoms with van der Waals surface area (Å²) < 4.78 is 12.5. The highest BCUT2D eigenvalue weighted by molar-refractivity contribution is 5.78. The molecule has 2 N–H and O–H groups in total. The van der Waals surface area contributed by atoms with Gasteiger partial charge in [0.25, 0.3) is 0 Å². The van der Waals surface area contributed by atoms with E-state index in [1.165, 1.54) is 44.2 Å². The number of benzene rings is 1. The van der Waals surface area contributed by atoms with Crippen LogP contribution in [0.4, 0.5) is 4.39 Å². The van der Waals surface area contributed by atoms with Crippen LogP contribution in [-0.2, 0) is 0 Å². The third-order valence-corrected chi connectivity index (χ3v) is 2.77. The Kier molecular flexibility index (Phi) is 17.6. The van der Waals surface area contributed by atoms with Gasteiger partial charge in [-0.15, -0.1) is 12.8 Å². The number of H-pyrrole nitrogens is 1. The minimum Gasteiger partial charge on any atom is -0.361 e. The Labute approximate surface area is 135 Å². The van der Waals surface area contributed by atoms with Crippen molar-refractivity contribution >= 4 is 10.9 Å². The van der Waals surface area contributed by atoms with Crippen LogP contribution in [0.2, 0.25) is 0 Å². The Morgan fingerprint density at radius 3 is 1.86 bits per heavy atom. The van der Waals surface area contributed by atoms with Crippen molar-refractivity contribution in [1.82, 2.24) is 10.3 Å². The van der Waals surface area contributed by atoms with Gasteiger partial charge in [-0.1, -0.05) is 46.0 Å². The number of rotatable bonds is 0. The molecule has 1 saturated carbocycles. The molecule has 1 fully saturated rings. The molecule has 0 unspecified atom stereocenters. The van der Waals surface area contributed by atoms with Crippen molar-refractivity contribution in [3.05, 3.63) is 36.3 Å². The fourth-order valence-electron chi connectivity index (χ4n) is 1.91. The molecule has 0 bridgehead atoms. The summed E-state index contributed by atoms with van der Waals surface area (Å²) in [6, 6.07) is 6.52. The van der Waals surface area contributed by atoms with E-state index in [0.29, 0.717) is 0 Å². The van der Waals surface area contributed by atoms with Gasteiger partial charge in [-0.3, -0.25) is 0 Å². The predicted molar refractivity (Wildman–Crippen MR) is 97.6 cm³/mol. The molecule has 0 spiro atoms. The highest BCUT2D eigenvalue weighted by Crippen LogP contribution is 2.15. The first kappa shape index (κ1) is 22.5. The molecule has 22 heavy (non-hydrogen) atoms. The lowest BCUT2D eigenvalue weighted by atomic mass is 10.2. The van der Waals surface area contributed by atoms with Gasteiger partial charge in [-0.2, -0.15) is 0 Å². The number of halogens is 1. The smallest absolute Gasteiger partial charge is 0.123 e. The van der Waals surface area contributed by atoms with Gasteiger partial charge in [0.2, 0.25) is 0 Å². The van der Waals surface area contributed by atoms with Gasteiger partial charge < -0.3 is 10.3 Å². The van der Waals surface area contributed by atoms with Crippen LogP contribution in [0.15, 0.2) is 30.5 Å². The van der Waals surface area contributed by atoms with Gasteiger partial charge >= 0.3 is 0 Å². The summed E-state index contributed by atoms with van der Waals surface area (Å²) in [6.45, 7) is 4.00. The zero-order valence-electron chi connectivity index (χ0n) is 14.5. The largest absolute Gasteiger partial charge is 0.361 e. The Balaban J connectivity index is 0. The van der Waals surface area contributed by atoms with E-state index in [1.807, 2.05) is 34.0 Å². The molecule has 1 aliphatic carbocycles. The molecule has 0 amide bonds. The van der Waals surface area contributed by atoms with E-state index in [4.69, 9.17) is 0 Å². The van der Waals surface area contributed by atoms with E-state index in [1.54, 1.807) is 12.3 Å². The molecule has 2 nitrogen and oxygen atoms in total. The quantitative estimate of drug-likeness (QED) is 0.629. The fraction of sp³-hybridized carbons (Fsp3) is 0.474. The molecule has 0 atom stereocenters. The second-order valence-electron chi connectivity index (χ2n) is 4.48. The first-order valence-corrected chi connectivity index (χ1v) is 7.92. The molecule has 3 heteroatoms. The normalized spacial score (nSPS) is 11.4. The number of nitrogens with one attached hydrogen (secondary N) is 2. The number of aromatic amines is 1. The average molecular weight is 306 g/mol. The monoisotopic (exact) mass is 306 g/mol. The number of hydrogen-bond acceptors (Lipinski definition) is 1. The minimum atomic E-state index is -0.188. The molecule has 0 radical (unpaired) electrons. The van der Waals surface area contributed by atoms with Crippen LogP contribution in [0.5, 0.6) is 0 Å². The van der Waals surface area contributed by atoms with Crippen LogP contribution in [0, 0.1) is 18.7 Å². The molecule has 0 saturated heterocycles. The van der Waals surface area contributed by atoms with Crippen molar-refractivity contribution < 1.29 is 4.39 Å². The molecule has 2 aromatic rings. The lowest BCUT2D eigenvalue weighted by Gasteiger charge is -1.87. The summed E-state index contributed by atoms with van der Waals surface area (Å²) in [5.41, 5.74) is 0.974. The number of aromatic nitrogens is 1. The SMILES string of the molecule is C#C.C1CCCC1.CC.CNC.Fc1ccc2[nH]ccc2c1. The molecule has 124 valence electrons. The highest BCUT2D eigenvalue weighted by Gasteiger charge is 1.95. The lowest BCUT2D eigenvalue weighted by Crippen LogP contribution is -1.89. The molecule has 1 aromatic carbocycles. The van der Waals surface area contributed by atoms with Crippen molar-refractivity contribution in [2.24, 2.45) is 0 Å². The van der Waals surface area contributed by atoms with Crippen LogP contribution in [-0.4, -0.2) is 19.1 Å². The Morgan fingerprint density at radius 2 is 1.41 bits per heavy atom. The van der Waals surface area contributed by atoms with Gasteiger partial charge in [-0.05, 0) is 38.4 Å². The zero-order chi connectivity index (χ0) is 17.2. The molecule has 1 aliphatic rings. The van der Waals surface area contributed by atoms with Crippen molar-refractivity contribution in [2.45, 2.75) is 46.0 Å². The van der Waals surface area contributed by atoms with Crippen LogP contribution >= 0.6 is 0 Å². The summed E-state index contributed by atoms with van der Waals surface area (Å²) >= 11 is 0. The zero-order valence-corrected chi connectivity index (χ0v) is 14.5. The van der Waals surface area contributed by atoms with E-state index in [9.17, 15) is 4.39 Å². The Bertz CT molecular complexity index is 463. The van der Waals surface area contributed by atoms with Crippen LogP contribution in [0.1, 0.15) is 46.0 Å². The molecular weight excluding hydrogens is 275 g/mol. The van der Waals surface area contributed by atoms with Gasteiger partial charge in [0.1, 0.15) is 5.82 Å².